The molecule has 1 atom stereocenters. The fraction of sp³-hybridized carbons (Fsp3) is 0.316. The Morgan fingerprint density at radius 2 is 2.07 bits per heavy atom. The van der Waals surface area contributed by atoms with Crippen molar-refractivity contribution < 1.29 is 28.3 Å². The van der Waals surface area contributed by atoms with Gasteiger partial charge in [-0.25, -0.2) is 4.79 Å². The molecule has 1 aromatic carbocycles. The third-order valence-electron chi connectivity index (χ3n) is 4.55. The summed E-state index contributed by atoms with van der Waals surface area (Å²) in [5.74, 6) is 1.24. The molecule has 0 saturated carbocycles. The molecule has 2 aliphatic heterocycles. The van der Waals surface area contributed by atoms with Crippen LogP contribution < -0.4 is 20.1 Å². The third-order valence-corrected chi connectivity index (χ3v) is 4.55. The average molecular weight is 385 g/mol. The molecule has 4 amide bonds. The molecule has 9 nitrogen and oxygen atoms in total. The summed E-state index contributed by atoms with van der Waals surface area (Å²) in [6.07, 6.45) is 2.01. The summed E-state index contributed by atoms with van der Waals surface area (Å²) in [6.45, 7) is 0.638. The fourth-order valence-corrected chi connectivity index (χ4v) is 3.12. The van der Waals surface area contributed by atoms with E-state index in [4.69, 9.17) is 13.9 Å². The van der Waals surface area contributed by atoms with E-state index in [0.717, 1.165) is 16.2 Å². The van der Waals surface area contributed by atoms with E-state index < -0.39 is 18.0 Å². The number of nitrogens with zero attached hydrogens (tertiary/aromatic N) is 1. The van der Waals surface area contributed by atoms with Crippen molar-refractivity contribution in [3.63, 3.8) is 0 Å². The van der Waals surface area contributed by atoms with Crippen molar-refractivity contribution in [3.05, 3.63) is 47.9 Å². The number of imide groups is 1. The molecule has 0 spiro atoms. The first-order valence-electron chi connectivity index (χ1n) is 8.89. The lowest BCUT2D eigenvalue weighted by atomic mass is 10.1. The normalized spacial score (nSPS) is 17.7. The van der Waals surface area contributed by atoms with Gasteiger partial charge in [0.25, 0.3) is 5.91 Å². The molecule has 2 aliphatic rings. The molecule has 1 fully saturated rings. The van der Waals surface area contributed by atoms with Gasteiger partial charge in [-0.3, -0.25) is 14.5 Å². The summed E-state index contributed by atoms with van der Waals surface area (Å²) in [5.41, 5.74) is 0.733. The first-order chi connectivity index (χ1) is 13.6. The number of fused-ring (bicyclic) bond motifs is 1. The molecule has 1 aromatic heterocycles. The molecule has 9 heteroatoms. The molecule has 1 unspecified atom stereocenters. The molecule has 3 heterocycles. The summed E-state index contributed by atoms with van der Waals surface area (Å²) < 4.78 is 15.8. The smallest absolute Gasteiger partial charge is 0.325 e. The van der Waals surface area contributed by atoms with E-state index in [0.29, 0.717) is 24.5 Å². The topological polar surface area (TPSA) is 110 Å². The predicted octanol–water partition coefficient (Wildman–Crippen LogP) is 1.18. The van der Waals surface area contributed by atoms with Crippen LogP contribution in [-0.4, -0.2) is 42.1 Å². The van der Waals surface area contributed by atoms with Crippen LogP contribution in [0.2, 0.25) is 0 Å². The highest BCUT2D eigenvalue weighted by molar-refractivity contribution is 6.05. The number of amides is 4. The zero-order valence-electron chi connectivity index (χ0n) is 15.0. The van der Waals surface area contributed by atoms with Gasteiger partial charge in [-0.05, 0) is 29.8 Å². The van der Waals surface area contributed by atoms with Crippen molar-refractivity contribution in [3.8, 4) is 11.5 Å². The van der Waals surface area contributed by atoms with Gasteiger partial charge in [0.05, 0.1) is 19.2 Å². The van der Waals surface area contributed by atoms with Gasteiger partial charge in [-0.15, -0.1) is 0 Å². The quantitative estimate of drug-likeness (QED) is 0.693. The van der Waals surface area contributed by atoms with Crippen LogP contribution in [0.15, 0.2) is 41.0 Å². The number of furan rings is 1. The number of hydrogen-bond acceptors (Lipinski definition) is 6. The van der Waals surface area contributed by atoms with E-state index >= 15 is 0 Å². The minimum absolute atomic E-state index is 0.0952. The number of carbonyl (C=O) groups is 3. The zero-order chi connectivity index (χ0) is 19.5. The molecule has 28 heavy (non-hydrogen) atoms. The van der Waals surface area contributed by atoms with E-state index in [1.165, 1.54) is 0 Å². The van der Waals surface area contributed by atoms with Crippen LogP contribution in [-0.2, 0) is 22.6 Å². The largest absolute Gasteiger partial charge is 0.469 e. The third kappa shape index (κ3) is 3.78. The monoisotopic (exact) mass is 385 g/mol. The number of hydrogen-bond donors (Lipinski definition) is 2. The summed E-state index contributed by atoms with van der Waals surface area (Å²) in [5, 5.41) is 5.29. The lowest BCUT2D eigenvalue weighted by Crippen LogP contribution is -2.37. The van der Waals surface area contributed by atoms with E-state index in [2.05, 4.69) is 10.6 Å². The second-order valence-corrected chi connectivity index (χ2v) is 6.50. The van der Waals surface area contributed by atoms with Crippen molar-refractivity contribution in [1.29, 1.82) is 0 Å². The molecule has 0 aliphatic carbocycles. The lowest BCUT2D eigenvalue weighted by Gasteiger charge is -2.13. The maximum atomic E-state index is 12.5. The predicted molar refractivity (Wildman–Crippen MR) is 95.5 cm³/mol. The van der Waals surface area contributed by atoms with Gasteiger partial charge in [-0.1, -0.05) is 6.07 Å². The average Bonchev–Trinajstić information content (AvgIpc) is 3.40. The highest BCUT2D eigenvalue weighted by Gasteiger charge is 2.39. The van der Waals surface area contributed by atoms with Crippen molar-refractivity contribution >= 4 is 17.8 Å². The van der Waals surface area contributed by atoms with Gasteiger partial charge in [0, 0.05) is 13.0 Å². The maximum absolute atomic E-state index is 12.5. The Bertz CT molecular complexity index is 895. The van der Waals surface area contributed by atoms with E-state index in [9.17, 15) is 14.4 Å². The molecular formula is C19H19N3O6. The molecule has 0 bridgehead atoms. The minimum atomic E-state index is -0.870. The molecule has 2 N–H and O–H groups in total. The van der Waals surface area contributed by atoms with Crippen molar-refractivity contribution in [2.45, 2.75) is 25.4 Å². The van der Waals surface area contributed by atoms with Crippen LogP contribution >= 0.6 is 0 Å². The molecule has 1 saturated heterocycles. The Kier molecular flexibility index (Phi) is 4.88. The van der Waals surface area contributed by atoms with Crippen LogP contribution in [0.5, 0.6) is 11.5 Å². The Morgan fingerprint density at radius 3 is 2.89 bits per heavy atom. The lowest BCUT2D eigenvalue weighted by molar-refractivity contribution is -0.131. The highest BCUT2D eigenvalue weighted by atomic mass is 16.7. The molecule has 4 rings (SSSR count). The summed E-state index contributed by atoms with van der Waals surface area (Å²) in [7, 11) is 0. The number of ether oxygens (including phenoxy) is 2. The molecular weight excluding hydrogens is 366 g/mol. The minimum Gasteiger partial charge on any atom is -0.469 e. The van der Waals surface area contributed by atoms with Gasteiger partial charge in [0.1, 0.15) is 11.8 Å². The van der Waals surface area contributed by atoms with Crippen molar-refractivity contribution in [2.75, 3.05) is 13.3 Å². The molecule has 2 aromatic rings. The number of urea groups is 1. The second-order valence-electron chi connectivity index (χ2n) is 6.50. The number of carbonyl (C=O) groups excluding carboxylic acids is 3. The first kappa shape index (κ1) is 17.9. The van der Waals surface area contributed by atoms with Gasteiger partial charge < -0.3 is 24.5 Å². The van der Waals surface area contributed by atoms with Crippen molar-refractivity contribution in [1.82, 2.24) is 15.5 Å². The van der Waals surface area contributed by atoms with Gasteiger partial charge in [0.2, 0.25) is 12.7 Å². The van der Waals surface area contributed by atoms with Crippen LogP contribution in [0.25, 0.3) is 0 Å². The van der Waals surface area contributed by atoms with Gasteiger partial charge >= 0.3 is 6.03 Å². The SMILES string of the molecule is O=C(CC1NC(=O)N(Cc2ccc3c(c2)OCO3)C1=O)NCCc1ccco1. The van der Waals surface area contributed by atoms with Crippen molar-refractivity contribution in [2.24, 2.45) is 0 Å². The number of nitrogens with one attached hydrogen (secondary N) is 2. The Hall–Kier alpha value is -3.49. The van der Waals surface area contributed by atoms with Crippen LogP contribution in [0.1, 0.15) is 17.7 Å². The number of benzene rings is 1. The van der Waals surface area contributed by atoms with Crippen LogP contribution in [0.4, 0.5) is 4.79 Å². The van der Waals surface area contributed by atoms with E-state index in [1.807, 2.05) is 6.07 Å². The van der Waals surface area contributed by atoms with E-state index in [-0.39, 0.29) is 25.7 Å². The van der Waals surface area contributed by atoms with Crippen LogP contribution in [0.3, 0.4) is 0 Å². The summed E-state index contributed by atoms with van der Waals surface area (Å²) >= 11 is 0. The Balaban J connectivity index is 1.30. The summed E-state index contributed by atoms with van der Waals surface area (Å²) in [4.78, 5) is 37.9. The number of rotatable bonds is 7. The Labute approximate surface area is 160 Å². The highest BCUT2D eigenvalue weighted by Crippen LogP contribution is 2.33. The second kappa shape index (κ2) is 7.63. The zero-order valence-corrected chi connectivity index (χ0v) is 15.0. The molecule has 0 radical (unpaired) electrons. The van der Waals surface area contributed by atoms with Crippen LogP contribution in [0, 0.1) is 0 Å². The van der Waals surface area contributed by atoms with Gasteiger partial charge in [-0.2, -0.15) is 0 Å². The van der Waals surface area contributed by atoms with E-state index in [1.54, 1.807) is 30.5 Å². The standard InChI is InChI=1S/C19H19N3O6/c23-17(20-6-5-13-2-1-7-26-13)9-14-18(24)22(19(25)21-14)10-12-3-4-15-16(8-12)28-11-27-15/h1-4,7-8,14H,5-6,9-11H2,(H,20,23)(H,21,25). The summed E-state index contributed by atoms with van der Waals surface area (Å²) in [6, 6.07) is 7.45. The maximum Gasteiger partial charge on any atom is 0.325 e. The van der Waals surface area contributed by atoms with Gasteiger partial charge in [0.15, 0.2) is 11.5 Å². The fourth-order valence-electron chi connectivity index (χ4n) is 3.12. The Morgan fingerprint density at radius 1 is 1.21 bits per heavy atom. The first-order valence-corrected chi connectivity index (χ1v) is 8.89. The molecule has 146 valence electrons.